The molecule has 0 amide bonds. The molecule has 1 heterocycles. The standard InChI is InChI=1S/C17H23FN4O/c1-3-4-5-6-9-23-16-10-14(7-8-15(16)18)11-20-22-12-13(2)21-17(22)19/h7-8,10-12H,3-6,9H2,1-2H3,(H2,19,21). The highest BCUT2D eigenvalue weighted by Gasteiger charge is 2.04. The molecule has 2 aromatic rings. The van der Waals surface area contributed by atoms with Crippen molar-refractivity contribution < 1.29 is 9.13 Å². The number of anilines is 1. The van der Waals surface area contributed by atoms with Crippen LogP contribution in [0.4, 0.5) is 10.3 Å². The van der Waals surface area contributed by atoms with E-state index in [-0.39, 0.29) is 11.6 Å². The van der Waals surface area contributed by atoms with Gasteiger partial charge in [0.05, 0.1) is 24.7 Å². The normalized spacial score (nSPS) is 11.3. The van der Waals surface area contributed by atoms with E-state index in [2.05, 4.69) is 17.0 Å². The number of ether oxygens (including phenoxy) is 1. The van der Waals surface area contributed by atoms with Crippen molar-refractivity contribution in [3.05, 3.63) is 41.5 Å². The number of nitrogens with two attached hydrogens (primary N) is 1. The molecule has 1 aromatic heterocycles. The number of nitrogen functional groups attached to an aromatic ring is 1. The van der Waals surface area contributed by atoms with E-state index < -0.39 is 0 Å². The van der Waals surface area contributed by atoms with Crippen LogP contribution in [0.3, 0.4) is 0 Å². The number of hydrogen-bond donors (Lipinski definition) is 1. The van der Waals surface area contributed by atoms with Crippen LogP contribution in [0, 0.1) is 12.7 Å². The fourth-order valence-corrected chi connectivity index (χ4v) is 2.15. The van der Waals surface area contributed by atoms with Gasteiger partial charge in [0.1, 0.15) is 0 Å². The van der Waals surface area contributed by atoms with Gasteiger partial charge < -0.3 is 10.5 Å². The number of nitrogens with zero attached hydrogens (tertiary/aromatic N) is 3. The van der Waals surface area contributed by atoms with Crippen LogP contribution >= 0.6 is 0 Å². The van der Waals surface area contributed by atoms with Crippen molar-refractivity contribution in [3.8, 4) is 5.75 Å². The van der Waals surface area contributed by atoms with E-state index in [1.165, 1.54) is 17.2 Å². The fourth-order valence-electron chi connectivity index (χ4n) is 2.15. The number of benzene rings is 1. The molecule has 0 fully saturated rings. The van der Waals surface area contributed by atoms with Crippen LogP contribution in [-0.4, -0.2) is 22.5 Å². The van der Waals surface area contributed by atoms with Gasteiger partial charge in [-0.1, -0.05) is 32.3 Å². The third-order valence-electron chi connectivity index (χ3n) is 3.38. The Balaban J connectivity index is 2.00. The molecule has 6 heteroatoms. The molecule has 0 radical (unpaired) electrons. The highest BCUT2D eigenvalue weighted by molar-refractivity contribution is 5.80. The first-order valence-electron chi connectivity index (χ1n) is 7.88. The van der Waals surface area contributed by atoms with Gasteiger partial charge in [0.25, 0.3) is 0 Å². The molecule has 0 aliphatic carbocycles. The van der Waals surface area contributed by atoms with Crippen LogP contribution in [0.1, 0.15) is 43.9 Å². The van der Waals surface area contributed by atoms with Crippen molar-refractivity contribution in [2.24, 2.45) is 5.10 Å². The average molecular weight is 318 g/mol. The maximum absolute atomic E-state index is 13.8. The largest absolute Gasteiger partial charge is 0.490 e. The Kier molecular flexibility index (Phi) is 6.14. The predicted molar refractivity (Wildman–Crippen MR) is 90.4 cm³/mol. The lowest BCUT2D eigenvalue weighted by Gasteiger charge is -2.07. The first-order valence-corrected chi connectivity index (χ1v) is 7.88. The van der Waals surface area contributed by atoms with Crippen LogP contribution in [0.15, 0.2) is 29.5 Å². The molecule has 23 heavy (non-hydrogen) atoms. The summed E-state index contributed by atoms with van der Waals surface area (Å²) in [5.41, 5.74) is 7.24. The van der Waals surface area contributed by atoms with Crippen LogP contribution in [0.2, 0.25) is 0 Å². The molecular weight excluding hydrogens is 295 g/mol. The summed E-state index contributed by atoms with van der Waals surface area (Å²) in [5, 5.41) is 4.21. The van der Waals surface area contributed by atoms with Crippen molar-refractivity contribution in [1.29, 1.82) is 0 Å². The monoisotopic (exact) mass is 318 g/mol. The molecule has 0 saturated carbocycles. The summed E-state index contributed by atoms with van der Waals surface area (Å²) in [7, 11) is 0. The van der Waals surface area contributed by atoms with Crippen LogP contribution in [0.25, 0.3) is 0 Å². The summed E-state index contributed by atoms with van der Waals surface area (Å²) in [6, 6.07) is 4.66. The first-order chi connectivity index (χ1) is 11.1. The molecule has 0 spiro atoms. The molecule has 0 bridgehead atoms. The lowest BCUT2D eigenvalue weighted by molar-refractivity contribution is 0.290. The number of halogens is 1. The molecule has 0 atom stereocenters. The molecule has 2 N–H and O–H groups in total. The summed E-state index contributed by atoms with van der Waals surface area (Å²) in [6.07, 6.45) is 7.68. The van der Waals surface area contributed by atoms with Crippen LogP contribution in [-0.2, 0) is 0 Å². The highest BCUT2D eigenvalue weighted by Crippen LogP contribution is 2.19. The van der Waals surface area contributed by atoms with Gasteiger partial charge in [-0.15, -0.1) is 0 Å². The Morgan fingerprint density at radius 2 is 2.17 bits per heavy atom. The van der Waals surface area contributed by atoms with Gasteiger partial charge in [-0.3, -0.25) is 0 Å². The Bertz CT molecular complexity index is 667. The number of unbranched alkanes of at least 4 members (excludes halogenated alkanes) is 3. The van der Waals surface area contributed by atoms with E-state index >= 15 is 0 Å². The van der Waals surface area contributed by atoms with E-state index in [1.54, 1.807) is 24.5 Å². The van der Waals surface area contributed by atoms with Crippen LogP contribution < -0.4 is 10.5 Å². The smallest absolute Gasteiger partial charge is 0.221 e. The molecule has 0 saturated heterocycles. The van der Waals surface area contributed by atoms with Gasteiger partial charge in [0.2, 0.25) is 5.95 Å². The molecule has 0 aliphatic heterocycles. The van der Waals surface area contributed by atoms with Crippen molar-refractivity contribution in [2.75, 3.05) is 12.3 Å². The second kappa shape index (κ2) is 8.31. The van der Waals surface area contributed by atoms with E-state index in [0.29, 0.717) is 12.6 Å². The van der Waals surface area contributed by atoms with Crippen molar-refractivity contribution in [3.63, 3.8) is 0 Å². The maximum atomic E-state index is 13.8. The maximum Gasteiger partial charge on any atom is 0.221 e. The van der Waals surface area contributed by atoms with Crippen molar-refractivity contribution >= 4 is 12.2 Å². The van der Waals surface area contributed by atoms with Gasteiger partial charge in [0.15, 0.2) is 11.6 Å². The predicted octanol–water partition coefficient (Wildman–Crippen LogP) is 3.75. The SMILES string of the molecule is CCCCCCOc1cc(C=Nn2cc(C)nc2N)ccc1F. The van der Waals surface area contributed by atoms with Crippen LogP contribution in [0.5, 0.6) is 5.75 Å². The molecule has 0 unspecified atom stereocenters. The van der Waals surface area contributed by atoms with E-state index in [1.807, 2.05) is 6.92 Å². The lowest BCUT2D eigenvalue weighted by Crippen LogP contribution is -2.00. The third-order valence-corrected chi connectivity index (χ3v) is 3.38. The van der Waals surface area contributed by atoms with Gasteiger partial charge in [-0.25, -0.2) is 14.1 Å². The highest BCUT2D eigenvalue weighted by atomic mass is 19.1. The summed E-state index contributed by atoms with van der Waals surface area (Å²) in [5.74, 6) is 0.198. The molecule has 1 aromatic carbocycles. The number of aryl methyl sites for hydroxylation is 1. The Morgan fingerprint density at radius 1 is 1.35 bits per heavy atom. The second-order valence-electron chi connectivity index (χ2n) is 5.43. The van der Waals surface area contributed by atoms with Gasteiger partial charge in [0, 0.05) is 0 Å². The Hall–Kier alpha value is -2.37. The molecule has 5 nitrogen and oxygen atoms in total. The summed E-state index contributed by atoms with van der Waals surface area (Å²) >= 11 is 0. The molecule has 2 rings (SSSR count). The second-order valence-corrected chi connectivity index (χ2v) is 5.43. The Morgan fingerprint density at radius 3 is 2.87 bits per heavy atom. The van der Waals surface area contributed by atoms with Gasteiger partial charge in [-0.05, 0) is 31.0 Å². The minimum atomic E-state index is -0.365. The zero-order valence-corrected chi connectivity index (χ0v) is 13.6. The van der Waals surface area contributed by atoms with E-state index in [0.717, 1.165) is 30.5 Å². The summed E-state index contributed by atoms with van der Waals surface area (Å²) in [4.78, 5) is 4.06. The number of imidazole rings is 1. The molecular formula is C17H23FN4O. The molecule has 124 valence electrons. The Labute approximate surface area is 136 Å². The first kappa shape index (κ1) is 17.0. The minimum Gasteiger partial charge on any atom is -0.490 e. The topological polar surface area (TPSA) is 65.4 Å². The third kappa shape index (κ3) is 5.09. The van der Waals surface area contributed by atoms with Gasteiger partial charge in [-0.2, -0.15) is 5.10 Å². The average Bonchev–Trinajstić information content (AvgIpc) is 2.85. The number of aromatic nitrogens is 2. The minimum absolute atomic E-state index is 0.250. The summed E-state index contributed by atoms with van der Waals surface area (Å²) in [6.45, 7) is 4.51. The van der Waals surface area contributed by atoms with E-state index in [9.17, 15) is 4.39 Å². The zero-order valence-electron chi connectivity index (χ0n) is 13.6. The zero-order chi connectivity index (χ0) is 16.7. The quantitative estimate of drug-likeness (QED) is 0.595. The number of rotatable bonds is 8. The lowest BCUT2D eigenvalue weighted by atomic mass is 10.2. The fraction of sp³-hybridized carbons (Fsp3) is 0.412. The summed E-state index contributed by atoms with van der Waals surface area (Å²) < 4.78 is 20.8. The van der Waals surface area contributed by atoms with Crippen molar-refractivity contribution in [2.45, 2.75) is 39.5 Å². The number of hydrogen-bond acceptors (Lipinski definition) is 4. The van der Waals surface area contributed by atoms with Crippen molar-refractivity contribution in [1.82, 2.24) is 9.66 Å². The molecule has 0 aliphatic rings. The van der Waals surface area contributed by atoms with Gasteiger partial charge >= 0.3 is 0 Å². The van der Waals surface area contributed by atoms with E-state index in [4.69, 9.17) is 10.5 Å².